The zero-order valence-electron chi connectivity index (χ0n) is 20.7. The van der Waals surface area contributed by atoms with Crippen molar-refractivity contribution in [3.05, 3.63) is 89.6 Å². The number of amides is 2. The van der Waals surface area contributed by atoms with E-state index in [1.54, 1.807) is 29.2 Å². The number of nitrogens with one attached hydrogen (secondary N) is 1. The molecule has 0 saturated carbocycles. The van der Waals surface area contributed by atoms with Gasteiger partial charge in [0, 0.05) is 62.2 Å². The molecule has 188 valence electrons. The maximum absolute atomic E-state index is 13.5. The minimum Gasteiger partial charge on any atom is -0.371 e. The minimum atomic E-state index is -0.207. The van der Waals surface area contributed by atoms with Gasteiger partial charge in [-0.15, -0.1) is 0 Å². The van der Waals surface area contributed by atoms with Crippen molar-refractivity contribution in [3.8, 4) is 0 Å². The zero-order valence-corrected chi connectivity index (χ0v) is 20.7. The first-order valence-corrected chi connectivity index (χ1v) is 12.7. The van der Waals surface area contributed by atoms with Crippen molar-refractivity contribution >= 4 is 23.1 Å². The number of piperidine rings is 1. The Morgan fingerprint density at radius 1 is 1.05 bits per heavy atom. The number of anilines is 1. The topological polar surface area (TPSA) is 95.7 Å². The summed E-state index contributed by atoms with van der Waals surface area (Å²) in [5.41, 5.74) is 5.00. The number of aryl methyl sites for hydroxylation is 1. The van der Waals surface area contributed by atoms with Crippen LogP contribution in [0.15, 0.2) is 67.4 Å². The van der Waals surface area contributed by atoms with Crippen molar-refractivity contribution in [3.63, 3.8) is 0 Å². The van der Waals surface area contributed by atoms with Crippen LogP contribution in [0.5, 0.6) is 0 Å². The van der Waals surface area contributed by atoms with Crippen LogP contribution in [-0.2, 0) is 6.42 Å². The Hall–Kier alpha value is -4.27. The van der Waals surface area contributed by atoms with Crippen LogP contribution in [0.2, 0.25) is 0 Å². The molecule has 2 amide bonds. The molecule has 4 heterocycles. The predicted octanol–water partition coefficient (Wildman–Crippen LogP) is 3.28. The third-order valence-corrected chi connectivity index (χ3v) is 7.66. The zero-order chi connectivity index (χ0) is 25.4. The average Bonchev–Trinajstić information content (AvgIpc) is 3.57. The minimum absolute atomic E-state index is 0.0222. The Labute approximate surface area is 215 Å². The standard InChI is InChI=1S/C28H29N7O2/c1-33(21-9-15-34(16-10-21)22-7-12-29-13-8-22)28(37)20-4-3-19-5-6-25(23(19)17-20)32-27(36)24-18-31-35-14-2-11-30-26(24)35/h2-4,7-8,11-14,17-18,21,25H,5-6,9-10,15-16H2,1H3,(H,32,36)/t25-/m1/s1. The molecule has 1 aromatic carbocycles. The van der Waals surface area contributed by atoms with Gasteiger partial charge in [0.1, 0.15) is 5.56 Å². The highest BCUT2D eigenvalue weighted by Gasteiger charge is 2.29. The van der Waals surface area contributed by atoms with Crippen LogP contribution in [0.25, 0.3) is 5.65 Å². The van der Waals surface area contributed by atoms with Gasteiger partial charge in [0.25, 0.3) is 11.8 Å². The largest absolute Gasteiger partial charge is 0.371 e. The second kappa shape index (κ2) is 9.65. The number of nitrogens with zero attached hydrogens (tertiary/aromatic N) is 6. The molecule has 1 N–H and O–H groups in total. The van der Waals surface area contributed by atoms with Crippen molar-refractivity contribution in [1.82, 2.24) is 29.8 Å². The van der Waals surface area contributed by atoms with Gasteiger partial charge in [-0.05, 0) is 67.1 Å². The first-order valence-electron chi connectivity index (χ1n) is 12.7. The Morgan fingerprint density at radius 3 is 2.68 bits per heavy atom. The highest BCUT2D eigenvalue weighted by atomic mass is 16.2. The SMILES string of the molecule is CN(C(=O)c1ccc2c(c1)[C@H](NC(=O)c1cnn3cccnc13)CC2)C1CCN(c2ccncc2)CC1. The third-order valence-electron chi connectivity index (χ3n) is 7.66. The van der Waals surface area contributed by atoms with E-state index in [0.717, 1.165) is 44.3 Å². The van der Waals surface area contributed by atoms with Crippen molar-refractivity contribution < 1.29 is 9.59 Å². The third kappa shape index (κ3) is 4.41. The van der Waals surface area contributed by atoms with E-state index in [1.165, 1.54) is 11.3 Å². The highest BCUT2D eigenvalue weighted by Crippen LogP contribution is 2.33. The van der Waals surface area contributed by atoms with Crippen molar-refractivity contribution in [2.75, 3.05) is 25.0 Å². The normalized spacial score (nSPS) is 17.5. The lowest BCUT2D eigenvalue weighted by atomic mass is 10.00. The maximum Gasteiger partial charge on any atom is 0.257 e. The Balaban J connectivity index is 1.13. The van der Waals surface area contributed by atoms with E-state index in [9.17, 15) is 9.59 Å². The lowest BCUT2D eigenvalue weighted by molar-refractivity contribution is 0.0709. The lowest BCUT2D eigenvalue weighted by Gasteiger charge is -2.38. The molecule has 0 unspecified atom stereocenters. The number of pyridine rings is 1. The molecule has 0 bridgehead atoms. The summed E-state index contributed by atoms with van der Waals surface area (Å²) in [5.74, 6) is -0.185. The summed E-state index contributed by atoms with van der Waals surface area (Å²) in [6.07, 6.45) is 12.1. The second-order valence-electron chi connectivity index (χ2n) is 9.76. The molecule has 2 aliphatic rings. The van der Waals surface area contributed by atoms with Crippen molar-refractivity contribution in [2.24, 2.45) is 0 Å². The van der Waals surface area contributed by atoms with E-state index in [-0.39, 0.29) is 23.9 Å². The summed E-state index contributed by atoms with van der Waals surface area (Å²) in [5, 5.41) is 7.36. The highest BCUT2D eigenvalue weighted by molar-refractivity contribution is 6.00. The molecule has 4 aromatic rings. The predicted molar refractivity (Wildman–Crippen MR) is 140 cm³/mol. The molecule has 1 aliphatic carbocycles. The van der Waals surface area contributed by atoms with Crippen LogP contribution < -0.4 is 10.2 Å². The van der Waals surface area contributed by atoms with Crippen LogP contribution in [0.3, 0.4) is 0 Å². The number of benzene rings is 1. The van der Waals surface area contributed by atoms with Gasteiger partial charge in [0.2, 0.25) is 0 Å². The van der Waals surface area contributed by atoms with Gasteiger partial charge in [-0.25, -0.2) is 9.50 Å². The quantitative estimate of drug-likeness (QED) is 0.457. The second-order valence-corrected chi connectivity index (χ2v) is 9.76. The number of hydrogen-bond donors (Lipinski definition) is 1. The van der Waals surface area contributed by atoms with Crippen LogP contribution >= 0.6 is 0 Å². The van der Waals surface area contributed by atoms with Crippen LogP contribution in [0, 0.1) is 0 Å². The molecule has 1 saturated heterocycles. The van der Waals surface area contributed by atoms with E-state index in [2.05, 4.69) is 25.3 Å². The fraction of sp³-hybridized carbons (Fsp3) is 0.321. The summed E-state index contributed by atoms with van der Waals surface area (Å²) in [6.45, 7) is 1.81. The number of aromatic nitrogens is 4. The van der Waals surface area contributed by atoms with Crippen LogP contribution in [0.1, 0.15) is 57.1 Å². The summed E-state index contributed by atoms with van der Waals surface area (Å²) in [6, 6.07) is 11.8. The molecular formula is C28H29N7O2. The van der Waals surface area contributed by atoms with Gasteiger partial charge in [-0.2, -0.15) is 5.10 Å². The molecule has 1 atom stereocenters. The van der Waals surface area contributed by atoms with E-state index >= 15 is 0 Å². The summed E-state index contributed by atoms with van der Waals surface area (Å²) in [4.78, 5) is 39.1. The number of fused-ring (bicyclic) bond motifs is 2. The molecule has 6 rings (SSSR count). The Kier molecular flexibility index (Phi) is 6.04. The van der Waals surface area contributed by atoms with E-state index in [1.807, 2.05) is 54.7 Å². The Morgan fingerprint density at radius 2 is 1.86 bits per heavy atom. The molecular weight excluding hydrogens is 466 g/mol. The molecule has 1 aliphatic heterocycles. The molecule has 1 fully saturated rings. The van der Waals surface area contributed by atoms with Crippen molar-refractivity contribution in [2.45, 2.75) is 37.8 Å². The molecule has 9 nitrogen and oxygen atoms in total. The first kappa shape index (κ1) is 23.1. The van der Waals surface area contributed by atoms with E-state index in [0.29, 0.717) is 16.8 Å². The fourth-order valence-electron chi connectivity index (χ4n) is 5.54. The Bertz CT molecular complexity index is 1440. The number of carbonyl (C=O) groups excluding carboxylic acids is 2. The summed E-state index contributed by atoms with van der Waals surface area (Å²) in [7, 11) is 1.90. The van der Waals surface area contributed by atoms with Crippen LogP contribution in [-0.4, -0.2) is 62.5 Å². The van der Waals surface area contributed by atoms with Gasteiger partial charge in [0.05, 0.1) is 12.2 Å². The first-order chi connectivity index (χ1) is 18.1. The van der Waals surface area contributed by atoms with Gasteiger partial charge in [0.15, 0.2) is 5.65 Å². The number of rotatable bonds is 5. The monoisotopic (exact) mass is 495 g/mol. The summed E-state index contributed by atoms with van der Waals surface area (Å²) < 4.78 is 1.59. The summed E-state index contributed by atoms with van der Waals surface area (Å²) >= 11 is 0. The smallest absolute Gasteiger partial charge is 0.257 e. The average molecular weight is 496 g/mol. The lowest BCUT2D eigenvalue weighted by Crippen LogP contribution is -2.45. The maximum atomic E-state index is 13.5. The van der Waals surface area contributed by atoms with Gasteiger partial charge < -0.3 is 15.1 Å². The molecule has 37 heavy (non-hydrogen) atoms. The number of hydrogen-bond acceptors (Lipinski definition) is 6. The van der Waals surface area contributed by atoms with Crippen molar-refractivity contribution in [1.29, 1.82) is 0 Å². The van der Waals surface area contributed by atoms with Gasteiger partial charge in [-0.3, -0.25) is 14.6 Å². The van der Waals surface area contributed by atoms with E-state index < -0.39 is 0 Å². The molecule has 9 heteroatoms. The van der Waals surface area contributed by atoms with Gasteiger partial charge >= 0.3 is 0 Å². The fourth-order valence-corrected chi connectivity index (χ4v) is 5.54. The van der Waals surface area contributed by atoms with Gasteiger partial charge in [-0.1, -0.05) is 6.07 Å². The molecule has 0 radical (unpaired) electrons. The number of carbonyl (C=O) groups is 2. The molecule has 3 aromatic heterocycles. The van der Waals surface area contributed by atoms with Crippen LogP contribution in [0.4, 0.5) is 5.69 Å². The molecule has 0 spiro atoms. The van der Waals surface area contributed by atoms with E-state index in [4.69, 9.17) is 0 Å².